The molecule has 0 fully saturated rings. The fraction of sp³-hybridized carbons (Fsp3) is 0.235. The molecule has 3 heterocycles. The second-order valence-electron chi connectivity index (χ2n) is 11.7. The van der Waals surface area contributed by atoms with Gasteiger partial charge in [-0.2, -0.15) is 5.10 Å². The molecule has 6 aromatic rings. The Morgan fingerprint density at radius 3 is 2.42 bits per heavy atom. The number of carbonyl (C=O) groups is 1. The van der Waals surface area contributed by atoms with Gasteiger partial charge in [0.05, 0.1) is 27.5 Å². The molecule has 0 saturated carbocycles. The molecule has 3 aromatic heterocycles. The number of nitrogens with zero attached hydrogens (tertiary/aromatic N) is 4. The molecule has 0 aliphatic heterocycles. The molecule has 0 saturated heterocycles. The number of hydrogen-bond acceptors (Lipinski definition) is 6. The molecule has 1 unspecified atom stereocenters. The molecule has 43 heavy (non-hydrogen) atoms. The molecule has 1 N–H and O–H groups in total. The number of aromatic nitrogens is 4. The number of rotatable bonds is 6. The van der Waals surface area contributed by atoms with Crippen molar-refractivity contribution < 1.29 is 14.6 Å². The molecule has 218 valence electrons. The third-order valence-electron chi connectivity index (χ3n) is 7.41. The highest BCUT2D eigenvalue weighted by Gasteiger charge is 2.32. The monoisotopic (exact) mass is 610 g/mol. The number of carboxylic acids is 1. The lowest BCUT2D eigenvalue weighted by Crippen LogP contribution is -2.28. The molecule has 1 atom stereocenters. The molecule has 0 aliphatic carbocycles. The highest BCUT2D eigenvalue weighted by molar-refractivity contribution is 7.22. The van der Waals surface area contributed by atoms with Gasteiger partial charge in [-0.15, -0.1) is 11.3 Å². The van der Waals surface area contributed by atoms with Gasteiger partial charge in [0, 0.05) is 51.6 Å². The van der Waals surface area contributed by atoms with Gasteiger partial charge < -0.3 is 9.84 Å². The summed E-state index contributed by atoms with van der Waals surface area (Å²) in [5.74, 6) is -1.05. The minimum Gasteiger partial charge on any atom is -0.479 e. The van der Waals surface area contributed by atoms with Crippen molar-refractivity contribution in [3.8, 4) is 32.8 Å². The summed E-state index contributed by atoms with van der Waals surface area (Å²) in [4.78, 5) is 22.4. The van der Waals surface area contributed by atoms with Crippen molar-refractivity contribution in [2.75, 3.05) is 0 Å². The number of aliphatic carboxylic acids is 1. The van der Waals surface area contributed by atoms with E-state index in [-0.39, 0.29) is 0 Å². The quantitative estimate of drug-likeness (QED) is 0.203. The van der Waals surface area contributed by atoms with E-state index in [2.05, 4.69) is 29.4 Å². The Hall–Kier alpha value is -4.11. The summed E-state index contributed by atoms with van der Waals surface area (Å²) in [6.07, 6.45) is 2.54. The Labute approximate surface area is 258 Å². The minimum atomic E-state index is -1.17. The van der Waals surface area contributed by atoms with Gasteiger partial charge in [-0.25, -0.2) is 9.78 Å². The van der Waals surface area contributed by atoms with Gasteiger partial charge in [0.1, 0.15) is 5.01 Å². The zero-order valence-electron chi connectivity index (χ0n) is 24.8. The van der Waals surface area contributed by atoms with E-state index in [0.29, 0.717) is 10.6 Å². The van der Waals surface area contributed by atoms with Crippen LogP contribution in [-0.2, 0) is 16.6 Å². The third-order valence-corrected chi connectivity index (χ3v) is 8.80. The maximum Gasteiger partial charge on any atom is 0.337 e. The van der Waals surface area contributed by atoms with Gasteiger partial charge in [-0.1, -0.05) is 29.8 Å². The summed E-state index contributed by atoms with van der Waals surface area (Å²) in [5.41, 5.74) is 8.07. The van der Waals surface area contributed by atoms with Crippen LogP contribution in [0.3, 0.4) is 0 Å². The van der Waals surface area contributed by atoms with Crippen molar-refractivity contribution in [3.63, 3.8) is 0 Å². The standard InChI is InChI=1S/C34H31ClN4O3S/c1-18-13-26-31(29(20-7-10-24(35)11-8-20)28(18)30(33(40)41)42-34(3,4)5)43-32(38-26)23-15-25(19(2)36-16-23)21-9-12-27-22(14-21)17-37-39(27)6/h7-17,30H,1-6H3,(H,40,41). The molecule has 9 heteroatoms. The molecule has 7 nitrogen and oxygen atoms in total. The van der Waals surface area contributed by atoms with Crippen molar-refractivity contribution in [1.29, 1.82) is 0 Å². The summed E-state index contributed by atoms with van der Waals surface area (Å²) in [6.45, 7) is 9.49. The lowest BCUT2D eigenvalue weighted by atomic mass is 9.91. The van der Waals surface area contributed by atoms with Crippen LogP contribution in [0.1, 0.15) is 43.7 Å². The molecule has 0 bridgehead atoms. The van der Waals surface area contributed by atoms with Crippen LogP contribution in [0.2, 0.25) is 5.02 Å². The SMILES string of the molecule is Cc1cc2nc(-c3cnc(C)c(-c4ccc5c(cnn5C)c4)c3)sc2c(-c2ccc(Cl)cc2)c1C(OC(C)(C)C)C(=O)O. The van der Waals surface area contributed by atoms with E-state index in [1.165, 1.54) is 11.3 Å². The van der Waals surface area contributed by atoms with Crippen LogP contribution < -0.4 is 0 Å². The van der Waals surface area contributed by atoms with Gasteiger partial charge in [0.15, 0.2) is 6.10 Å². The average Bonchev–Trinajstić information content (AvgIpc) is 3.54. The van der Waals surface area contributed by atoms with Crippen molar-refractivity contribution in [3.05, 3.63) is 88.8 Å². The van der Waals surface area contributed by atoms with Crippen molar-refractivity contribution in [2.24, 2.45) is 7.05 Å². The van der Waals surface area contributed by atoms with Gasteiger partial charge >= 0.3 is 5.97 Å². The van der Waals surface area contributed by atoms with Gasteiger partial charge in [0.2, 0.25) is 0 Å². The number of ether oxygens (including phenoxy) is 1. The number of hydrogen-bond donors (Lipinski definition) is 1. The predicted molar refractivity (Wildman–Crippen MR) is 174 cm³/mol. The summed E-state index contributed by atoms with van der Waals surface area (Å²) < 4.78 is 8.88. The van der Waals surface area contributed by atoms with Crippen molar-refractivity contribution >= 4 is 50.0 Å². The van der Waals surface area contributed by atoms with Gasteiger partial charge in [0.25, 0.3) is 0 Å². The van der Waals surface area contributed by atoms with Crippen molar-refractivity contribution in [2.45, 2.75) is 46.3 Å². The first kappa shape index (κ1) is 29.0. The van der Waals surface area contributed by atoms with Crippen LogP contribution in [0.15, 0.2) is 67.0 Å². The molecule has 0 radical (unpaired) electrons. The Balaban J connectivity index is 1.55. The number of pyridine rings is 1. The summed E-state index contributed by atoms with van der Waals surface area (Å²) >= 11 is 7.76. The van der Waals surface area contributed by atoms with Crippen LogP contribution in [0.25, 0.3) is 53.9 Å². The second kappa shape index (κ2) is 10.9. The normalized spacial score (nSPS) is 12.7. The first-order valence-electron chi connectivity index (χ1n) is 13.9. The molecule has 0 amide bonds. The molecule has 0 aliphatic rings. The highest BCUT2D eigenvalue weighted by Crippen LogP contribution is 2.44. The Morgan fingerprint density at radius 2 is 1.72 bits per heavy atom. The summed E-state index contributed by atoms with van der Waals surface area (Å²) in [7, 11) is 1.93. The predicted octanol–water partition coefficient (Wildman–Crippen LogP) is 8.79. The van der Waals surface area contributed by atoms with Gasteiger partial charge in [-0.05, 0) is 87.7 Å². The molecule has 3 aromatic carbocycles. The second-order valence-corrected chi connectivity index (χ2v) is 13.1. The van der Waals surface area contributed by atoms with E-state index in [1.54, 1.807) is 0 Å². The number of halogens is 1. The van der Waals surface area contributed by atoms with E-state index in [1.807, 2.05) is 89.1 Å². The topological polar surface area (TPSA) is 90.1 Å². The fourth-order valence-electron chi connectivity index (χ4n) is 5.44. The molecule has 6 rings (SSSR count). The van der Waals surface area contributed by atoms with Crippen LogP contribution in [0.4, 0.5) is 0 Å². The average molecular weight is 611 g/mol. The lowest BCUT2D eigenvalue weighted by Gasteiger charge is -2.28. The zero-order chi connectivity index (χ0) is 30.6. The van der Waals surface area contributed by atoms with E-state index >= 15 is 0 Å². The first-order valence-corrected chi connectivity index (χ1v) is 15.1. The smallest absolute Gasteiger partial charge is 0.337 e. The number of carboxylic acid groups (broad SMARTS) is 1. The van der Waals surface area contributed by atoms with Gasteiger partial charge in [-0.3, -0.25) is 9.67 Å². The van der Waals surface area contributed by atoms with E-state index < -0.39 is 17.7 Å². The fourth-order valence-corrected chi connectivity index (χ4v) is 6.67. The van der Waals surface area contributed by atoms with Crippen LogP contribution in [-0.4, -0.2) is 36.4 Å². The van der Waals surface area contributed by atoms with E-state index in [0.717, 1.165) is 65.2 Å². The van der Waals surface area contributed by atoms with Crippen LogP contribution >= 0.6 is 22.9 Å². The number of benzene rings is 3. The summed E-state index contributed by atoms with van der Waals surface area (Å²) in [5, 5.41) is 17.2. The zero-order valence-corrected chi connectivity index (χ0v) is 26.3. The highest BCUT2D eigenvalue weighted by atomic mass is 35.5. The number of aryl methyl sites for hydroxylation is 3. The lowest BCUT2D eigenvalue weighted by molar-refractivity contribution is -0.160. The Morgan fingerprint density at radius 1 is 1.00 bits per heavy atom. The Kier molecular flexibility index (Phi) is 7.32. The summed E-state index contributed by atoms with van der Waals surface area (Å²) in [6, 6.07) is 17.8. The molecule has 0 spiro atoms. The molecular formula is C34H31ClN4O3S. The molecular weight excluding hydrogens is 580 g/mol. The van der Waals surface area contributed by atoms with Crippen molar-refractivity contribution in [1.82, 2.24) is 19.7 Å². The number of fused-ring (bicyclic) bond motifs is 2. The van der Waals surface area contributed by atoms with Crippen LogP contribution in [0.5, 0.6) is 0 Å². The number of thiazole rings is 1. The Bertz CT molecular complexity index is 2020. The first-order chi connectivity index (χ1) is 20.4. The maximum atomic E-state index is 12.6. The largest absolute Gasteiger partial charge is 0.479 e. The third kappa shape index (κ3) is 5.54. The van der Waals surface area contributed by atoms with E-state index in [4.69, 9.17) is 26.3 Å². The minimum absolute atomic E-state index is 0.600. The maximum absolute atomic E-state index is 12.6. The van der Waals surface area contributed by atoms with E-state index in [9.17, 15) is 9.90 Å². The van der Waals surface area contributed by atoms with Crippen LogP contribution in [0, 0.1) is 13.8 Å².